The number of pyridine rings is 1. The molecule has 1 atom stereocenters. The molecule has 0 amide bonds. The summed E-state index contributed by atoms with van der Waals surface area (Å²) < 4.78 is 0. The van der Waals surface area contributed by atoms with E-state index in [-0.39, 0.29) is 12.6 Å². The van der Waals surface area contributed by atoms with Gasteiger partial charge in [0.2, 0.25) is 0 Å². The molecule has 3 nitrogen and oxygen atoms in total. The molecule has 2 N–H and O–H groups in total. The quantitative estimate of drug-likeness (QED) is 0.723. The molecule has 1 aromatic rings. The van der Waals surface area contributed by atoms with Gasteiger partial charge >= 0.3 is 0 Å². The number of nitrogens with one attached hydrogen (secondary N) is 1. The Morgan fingerprint density at radius 2 is 2.38 bits per heavy atom. The molecule has 72 valence electrons. The van der Waals surface area contributed by atoms with E-state index in [4.69, 9.17) is 16.7 Å². The fourth-order valence-corrected chi connectivity index (χ4v) is 1.24. The van der Waals surface area contributed by atoms with Crippen LogP contribution in [0, 0.1) is 6.92 Å². The van der Waals surface area contributed by atoms with Crippen LogP contribution in [0.1, 0.15) is 17.2 Å². The van der Waals surface area contributed by atoms with Crippen LogP contribution in [0.5, 0.6) is 0 Å². The minimum absolute atomic E-state index is 0.0548. The van der Waals surface area contributed by atoms with Crippen molar-refractivity contribution in [2.24, 2.45) is 0 Å². The first-order valence-electron chi connectivity index (χ1n) is 4.09. The number of likely N-dealkylation sites (N-methyl/N-ethyl adjacent to an activating group) is 1. The number of hydrogen-bond donors (Lipinski definition) is 2. The van der Waals surface area contributed by atoms with Gasteiger partial charge in [0.15, 0.2) is 0 Å². The van der Waals surface area contributed by atoms with E-state index in [0.717, 1.165) is 11.1 Å². The van der Waals surface area contributed by atoms with Gasteiger partial charge in [-0.05, 0) is 31.2 Å². The average Bonchev–Trinajstić information content (AvgIpc) is 2.13. The zero-order chi connectivity index (χ0) is 9.84. The molecule has 0 aliphatic carbocycles. The SMILES string of the molecule is CNC(CO)c1cnc(Cl)c(C)c1. The molecule has 1 rings (SSSR count). The summed E-state index contributed by atoms with van der Waals surface area (Å²) in [6, 6.07) is 1.86. The number of aromatic nitrogens is 1. The highest BCUT2D eigenvalue weighted by molar-refractivity contribution is 6.30. The van der Waals surface area contributed by atoms with Crippen molar-refractivity contribution < 1.29 is 5.11 Å². The molecule has 1 unspecified atom stereocenters. The lowest BCUT2D eigenvalue weighted by Gasteiger charge is -2.13. The highest BCUT2D eigenvalue weighted by atomic mass is 35.5. The molecule has 4 heteroatoms. The maximum Gasteiger partial charge on any atom is 0.131 e. The van der Waals surface area contributed by atoms with Crippen LogP contribution >= 0.6 is 11.6 Å². The third-order valence-corrected chi connectivity index (χ3v) is 2.36. The molecule has 0 bridgehead atoms. The predicted molar refractivity (Wildman–Crippen MR) is 52.9 cm³/mol. The highest BCUT2D eigenvalue weighted by Crippen LogP contribution is 2.17. The van der Waals surface area contributed by atoms with Gasteiger partial charge in [-0.25, -0.2) is 4.98 Å². The van der Waals surface area contributed by atoms with Crippen molar-refractivity contribution in [1.82, 2.24) is 10.3 Å². The summed E-state index contributed by atoms with van der Waals surface area (Å²) in [7, 11) is 1.80. The van der Waals surface area contributed by atoms with Crippen LogP contribution in [-0.4, -0.2) is 23.7 Å². The normalized spacial score (nSPS) is 12.9. The topological polar surface area (TPSA) is 45.1 Å². The Hall–Kier alpha value is -0.640. The lowest BCUT2D eigenvalue weighted by Crippen LogP contribution is -2.20. The monoisotopic (exact) mass is 200 g/mol. The van der Waals surface area contributed by atoms with E-state index in [1.54, 1.807) is 13.2 Å². The van der Waals surface area contributed by atoms with Crippen molar-refractivity contribution in [2.75, 3.05) is 13.7 Å². The van der Waals surface area contributed by atoms with Gasteiger partial charge < -0.3 is 10.4 Å². The number of rotatable bonds is 3. The van der Waals surface area contributed by atoms with Crippen LogP contribution < -0.4 is 5.32 Å². The Morgan fingerprint density at radius 1 is 1.69 bits per heavy atom. The molecule has 1 aromatic heterocycles. The van der Waals surface area contributed by atoms with E-state index in [2.05, 4.69) is 10.3 Å². The van der Waals surface area contributed by atoms with Gasteiger partial charge in [-0.3, -0.25) is 0 Å². The van der Waals surface area contributed by atoms with Crippen molar-refractivity contribution in [3.05, 3.63) is 28.5 Å². The van der Waals surface area contributed by atoms with Gasteiger partial charge in [0.25, 0.3) is 0 Å². The van der Waals surface area contributed by atoms with E-state index in [9.17, 15) is 0 Å². The fraction of sp³-hybridized carbons (Fsp3) is 0.444. The minimum Gasteiger partial charge on any atom is -0.394 e. The van der Waals surface area contributed by atoms with Crippen LogP contribution in [-0.2, 0) is 0 Å². The average molecular weight is 201 g/mol. The first-order valence-corrected chi connectivity index (χ1v) is 4.47. The largest absolute Gasteiger partial charge is 0.394 e. The number of aryl methyl sites for hydroxylation is 1. The van der Waals surface area contributed by atoms with Gasteiger partial charge in [0.1, 0.15) is 5.15 Å². The van der Waals surface area contributed by atoms with E-state index in [1.165, 1.54) is 0 Å². The maximum atomic E-state index is 9.02. The summed E-state index contributed by atoms with van der Waals surface area (Å²) in [6.45, 7) is 1.95. The van der Waals surface area contributed by atoms with E-state index in [1.807, 2.05) is 13.0 Å². The van der Waals surface area contributed by atoms with Crippen molar-refractivity contribution in [1.29, 1.82) is 0 Å². The number of halogens is 1. The summed E-state index contributed by atoms with van der Waals surface area (Å²) in [5, 5.41) is 12.5. The zero-order valence-corrected chi connectivity index (χ0v) is 8.47. The van der Waals surface area contributed by atoms with Crippen LogP contribution in [0.15, 0.2) is 12.3 Å². The molecular weight excluding hydrogens is 188 g/mol. The summed E-state index contributed by atoms with van der Waals surface area (Å²) in [6.07, 6.45) is 1.67. The molecule has 0 saturated carbocycles. The lowest BCUT2D eigenvalue weighted by atomic mass is 10.1. The zero-order valence-electron chi connectivity index (χ0n) is 7.71. The molecule has 0 saturated heterocycles. The van der Waals surface area contributed by atoms with E-state index >= 15 is 0 Å². The standard InChI is InChI=1S/C9H13ClN2O/c1-6-3-7(4-12-9(6)10)8(5-13)11-2/h3-4,8,11,13H,5H2,1-2H3. The van der Waals surface area contributed by atoms with Crippen molar-refractivity contribution in [3.8, 4) is 0 Å². The third-order valence-electron chi connectivity index (χ3n) is 1.97. The van der Waals surface area contributed by atoms with Crippen molar-refractivity contribution in [2.45, 2.75) is 13.0 Å². The summed E-state index contributed by atoms with van der Waals surface area (Å²) in [4.78, 5) is 4.01. The first kappa shape index (κ1) is 10.4. The van der Waals surface area contributed by atoms with Gasteiger partial charge in [-0.15, -0.1) is 0 Å². The number of nitrogens with zero attached hydrogens (tertiary/aromatic N) is 1. The van der Waals surface area contributed by atoms with Crippen LogP contribution in [0.25, 0.3) is 0 Å². The number of hydrogen-bond acceptors (Lipinski definition) is 3. The minimum atomic E-state index is -0.0662. The highest BCUT2D eigenvalue weighted by Gasteiger charge is 2.08. The fourth-order valence-electron chi connectivity index (χ4n) is 1.13. The molecule has 0 aliphatic heterocycles. The Morgan fingerprint density at radius 3 is 2.85 bits per heavy atom. The Balaban J connectivity index is 2.95. The molecule has 0 radical (unpaired) electrons. The predicted octanol–water partition coefficient (Wildman–Crippen LogP) is 1.30. The van der Waals surface area contributed by atoms with E-state index in [0.29, 0.717) is 5.15 Å². The molecule has 0 aliphatic rings. The van der Waals surface area contributed by atoms with Crippen LogP contribution in [0.2, 0.25) is 5.15 Å². The van der Waals surface area contributed by atoms with Gasteiger partial charge in [0, 0.05) is 6.20 Å². The molecule has 1 heterocycles. The number of aliphatic hydroxyl groups is 1. The second-order valence-corrected chi connectivity index (χ2v) is 3.26. The maximum absolute atomic E-state index is 9.02. The van der Waals surface area contributed by atoms with Crippen LogP contribution in [0.3, 0.4) is 0 Å². The summed E-state index contributed by atoms with van der Waals surface area (Å²) in [5.74, 6) is 0. The molecule has 0 fully saturated rings. The Kier molecular flexibility index (Phi) is 3.66. The molecule has 13 heavy (non-hydrogen) atoms. The van der Waals surface area contributed by atoms with Crippen molar-refractivity contribution in [3.63, 3.8) is 0 Å². The van der Waals surface area contributed by atoms with Gasteiger partial charge in [0.05, 0.1) is 12.6 Å². The third kappa shape index (κ3) is 2.40. The molecule has 0 spiro atoms. The Labute approximate surface area is 82.8 Å². The summed E-state index contributed by atoms with van der Waals surface area (Å²) in [5.41, 5.74) is 1.87. The van der Waals surface area contributed by atoms with Gasteiger partial charge in [-0.2, -0.15) is 0 Å². The summed E-state index contributed by atoms with van der Waals surface area (Å²) >= 11 is 5.78. The number of aliphatic hydroxyl groups excluding tert-OH is 1. The van der Waals surface area contributed by atoms with Crippen molar-refractivity contribution >= 4 is 11.6 Å². The lowest BCUT2D eigenvalue weighted by molar-refractivity contribution is 0.250. The van der Waals surface area contributed by atoms with E-state index < -0.39 is 0 Å². The van der Waals surface area contributed by atoms with Gasteiger partial charge in [-0.1, -0.05) is 11.6 Å². The smallest absolute Gasteiger partial charge is 0.131 e. The Bertz CT molecular complexity index is 287. The second-order valence-electron chi connectivity index (χ2n) is 2.90. The molecular formula is C9H13ClN2O. The molecule has 0 aromatic carbocycles. The second kappa shape index (κ2) is 4.56. The first-order chi connectivity index (χ1) is 6.19. The van der Waals surface area contributed by atoms with Crippen LogP contribution in [0.4, 0.5) is 0 Å².